The van der Waals surface area contributed by atoms with Gasteiger partial charge in [0.15, 0.2) is 0 Å². The summed E-state index contributed by atoms with van der Waals surface area (Å²) in [5.74, 6) is -1.28. The highest BCUT2D eigenvalue weighted by molar-refractivity contribution is 5.83. The minimum Gasteiger partial charge on any atom is -0.497 e. The van der Waals surface area contributed by atoms with Gasteiger partial charge in [-0.15, -0.1) is 0 Å². The molecule has 0 aromatic heterocycles. The van der Waals surface area contributed by atoms with E-state index >= 15 is 0 Å². The molecule has 142 valence electrons. The SMILES string of the molecule is CCN1C(=O)C[C@H](c2ccc(OC)cc2)[C@H](C(=O)O)[C@H]1c1ccc(C)cc1. The fourth-order valence-electron chi connectivity index (χ4n) is 4.01. The van der Waals surface area contributed by atoms with Crippen molar-refractivity contribution in [3.8, 4) is 5.75 Å². The zero-order valence-electron chi connectivity index (χ0n) is 15.9. The van der Waals surface area contributed by atoms with Gasteiger partial charge in [-0.25, -0.2) is 0 Å². The van der Waals surface area contributed by atoms with Crippen LogP contribution in [-0.2, 0) is 9.59 Å². The molecule has 1 fully saturated rings. The predicted octanol–water partition coefficient (Wildman–Crippen LogP) is 3.78. The molecule has 1 aliphatic rings. The van der Waals surface area contributed by atoms with E-state index in [0.29, 0.717) is 12.3 Å². The maximum Gasteiger partial charge on any atom is 0.309 e. The molecule has 0 aliphatic carbocycles. The second kappa shape index (κ2) is 7.82. The number of piperidine rings is 1. The van der Waals surface area contributed by atoms with Crippen molar-refractivity contribution in [2.24, 2.45) is 5.92 Å². The van der Waals surface area contributed by atoms with Crippen LogP contribution in [0, 0.1) is 12.8 Å². The zero-order valence-corrected chi connectivity index (χ0v) is 15.9. The van der Waals surface area contributed by atoms with E-state index in [-0.39, 0.29) is 18.2 Å². The number of carbonyl (C=O) groups excluding carboxylic acids is 1. The Morgan fingerprint density at radius 2 is 1.70 bits per heavy atom. The topological polar surface area (TPSA) is 66.8 Å². The number of ether oxygens (including phenoxy) is 1. The van der Waals surface area contributed by atoms with Gasteiger partial charge >= 0.3 is 5.97 Å². The van der Waals surface area contributed by atoms with Gasteiger partial charge < -0.3 is 14.7 Å². The van der Waals surface area contributed by atoms with Gasteiger partial charge in [-0.3, -0.25) is 9.59 Å². The number of hydrogen-bond donors (Lipinski definition) is 1. The smallest absolute Gasteiger partial charge is 0.309 e. The Kier molecular flexibility index (Phi) is 5.49. The molecule has 0 bridgehead atoms. The number of likely N-dealkylation sites (tertiary alicyclic amines) is 1. The highest BCUT2D eigenvalue weighted by Gasteiger charge is 2.46. The highest BCUT2D eigenvalue weighted by Crippen LogP contribution is 2.45. The van der Waals surface area contributed by atoms with Crippen LogP contribution in [0.1, 0.15) is 42.0 Å². The van der Waals surface area contributed by atoms with Crippen LogP contribution in [0.25, 0.3) is 0 Å². The van der Waals surface area contributed by atoms with Crippen LogP contribution >= 0.6 is 0 Å². The summed E-state index contributed by atoms with van der Waals surface area (Å²) in [6, 6.07) is 14.7. The van der Waals surface area contributed by atoms with Gasteiger partial charge in [0.05, 0.1) is 19.1 Å². The Morgan fingerprint density at radius 1 is 1.11 bits per heavy atom. The molecule has 0 saturated carbocycles. The largest absolute Gasteiger partial charge is 0.497 e. The lowest BCUT2D eigenvalue weighted by molar-refractivity contribution is -0.153. The number of amides is 1. The van der Waals surface area contributed by atoms with Crippen LogP contribution < -0.4 is 4.74 Å². The average molecular weight is 367 g/mol. The summed E-state index contributed by atoms with van der Waals surface area (Å²) in [6.45, 7) is 4.37. The number of carbonyl (C=O) groups is 2. The van der Waals surface area contributed by atoms with E-state index in [2.05, 4.69) is 0 Å². The number of aryl methyl sites for hydroxylation is 1. The van der Waals surface area contributed by atoms with Crippen molar-refractivity contribution in [2.45, 2.75) is 32.2 Å². The Balaban J connectivity index is 2.07. The number of hydrogen-bond acceptors (Lipinski definition) is 3. The molecule has 5 nitrogen and oxygen atoms in total. The van der Waals surface area contributed by atoms with E-state index in [9.17, 15) is 14.7 Å². The van der Waals surface area contributed by atoms with Crippen molar-refractivity contribution in [1.29, 1.82) is 0 Å². The summed E-state index contributed by atoms with van der Waals surface area (Å²) < 4.78 is 5.20. The minimum atomic E-state index is -0.882. The van der Waals surface area contributed by atoms with Crippen molar-refractivity contribution < 1.29 is 19.4 Å². The molecule has 27 heavy (non-hydrogen) atoms. The van der Waals surface area contributed by atoms with Crippen molar-refractivity contribution in [1.82, 2.24) is 4.90 Å². The third-order valence-electron chi connectivity index (χ3n) is 5.41. The Bertz CT molecular complexity index is 813. The molecular formula is C22H25NO4. The van der Waals surface area contributed by atoms with Crippen LogP contribution in [0.2, 0.25) is 0 Å². The molecule has 0 unspecified atom stereocenters. The molecule has 1 saturated heterocycles. The summed E-state index contributed by atoms with van der Waals surface area (Å²) >= 11 is 0. The molecule has 0 radical (unpaired) electrons. The van der Waals surface area contributed by atoms with E-state index in [1.807, 2.05) is 62.4 Å². The lowest BCUT2D eigenvalue weighted by Gasteiger charge is -2.43. The van der Waals surface area contributed by atoms with E-state index in [4.69, 9.17) is 4.74 Å². The first-order valence-electron chi connectivity index (χ1n) is 9.19. The molecule has 3 atom stereocenters. The highest BCUT2D eigenvalue weighted by atomic mass is 16.5. The van der Waals surface area contributed by atoms with E-state index in [0.717, 1.165) is 16.7 Å². The summed E-state index contributed by atoms with van der Waals surface area (Å²) in [7, 11) is 1.59. The normalized spacial score (nSPS) is 22.6. The first-order valence-corrected chi connectivity index (χ1v) is 9.19. The summed E-state index contributed by atoms with van der Waals surface area (Å²) in [4.78, 5) is 26.9. The summed E-state index contributed by atoms with van der Waals surface area (Å²) in [5.41, 5.74) is 2.81. The third-order valence-corrected chi connectivity index (χ3v) is 5.41. The Labute approximate surface area is 159 Å². The van der Waals surface area contributed by atoms with Crippen molar-refractivity contribution in [3.63, 3.8) is 0 Å². The molecule has 1 aliphatic heterocycles. The molecule has 2 aromatic rings. The fourth-order valence-corrected chi connectivity index (χ4v) is 4.01. The summed E-state index contributed by atoms with van der Waals surface area (Å²) in [6.07, 6.45) is 0.194. The van der Waals surface area contributed by atoms with Gasteiger partial charge in [-0.05, 0) is 37.1 Å². The molecule has 1 N–H and O–H groups in total. The number of carboxylic acids is 1. The first kappa shape index (κ1) is 19.0. The van der Waals surface area contributed by atoms with Gasteiger partial charge in [-0.1, -0.05) is 42.0 Å². The zero-order chi connectivity index (χ0) is 19.6. The standard InChI is InChI=1S/C22H25NO4/c1-4-23-19(24)13-18(15-9-11-17(27-3)12-10-15)20(22(25)26)21(23)16-7-5-14(2)6-8-16/h5-12,18,20-21H,4,13H2,1-3H3,(H,25,26)/t18-,20+,21-/m1/s1. The monoisotopic (exact) mass is 367 g/mol. The van der Waals surface area contributed by atoms with Gasteiger partial charge in [-0.2, -0.15) is 0 Å². The molecule has 1 heterocycles. The van der Waals surface area contributed by atoms with Crippen molar-refractivity contribution in [3.05, 3.63) is 65.2 Å². The van der Waals surface area contributed by atoms with Crippen molar-refractivity contribution in [2.75, 3.05) is 13.7 Å². The van der Waals surface area contributed by atoms with E-state index in [1.54, 1.807) is 12.0 Å². The van der Waals surface area contributed by atoms with Crippen LogP contribution in [-0.4, -0.2) is 35.5 Å². The number of aliphatic carboxylic acids is 1. The quantitative estimate of drug-likeness (QED) is 0.873. The Hall–Kier alpha value is -2.82. The van der Waals surface area contributed by atoms with E-state index in [1.165, 1.54) is 0 Å². The third kappa shape index (κ3) is 3.68. The van der Waals surface area contributed by atoms with Gasteiger partial charge in [0.25, 0.3) is 0 Å². The molecule has 3 rings (SSSR count). The van der Waals surface area contributed by atoms with Crippen LogP contribution in [0.5, 0.6) is 5.75 Å². The number of carboxylic acid groups (broad SMARTS) is 1. The lowest BCUT2D eigenvalue weighted by atomic mass is 9.73. The predicted molar refractivity (Wildman–Crippen MR) is 103 cm³/mol. The molecule has 0 spiro atoms. The van der Waals surface area contributed by atoms with Gasteiger partial charge in [0.2, 0.25) is 5.91 Å². The second-order valence-electron chi connectivity index (χ2n) is 6.98. The van der Waals surface area contributed by atoms with Gasteiger partial charge in [0.1, 0.15) is 5.75 Å². The first-order chi connectivity index (χ1) is 13.0. The summed E-state index contributed by atoms with van der Waals surface area (Å²) in [5, 5.41) is 10.1. The van der Waals surface area contributed by atoms with Crippen LogP contribution in [0.3, 0.4) is 0 Å². The van der Waals surface area contributed by atoms with Gasteiger partial charge in [0, 0.05) is 18.9 Å². The molecule has 2 aromatic carbocycles. The maximum absolute atomic E-state index is 12.9. The van der Waals surface area contributed by atoms with Crippen LogP contribution in [0.15, 0.2) is 48.5 Å². The maximum atomic E-state index is 12.9. The number of benzene rings is 2. The second-order valence-corrected chi connectivity index (χ2v) is 6.98. The number of nitrogens with zero attached hydrogens (tertiary/aromatic N) is 1. The van der Waals surface area contributed by atoms with Crippen LogP contribution in [0.4, 0.5) is 0 Å². The lowest BCUT2D eigenvalue weighted by Crippen LogP contribution is -2.48. The number of methoxy groups -OCH3 is 1. The number of rotatable bonds is 5. The minimum absolute atomic E-state index is 0.0126. The van der Waals surface area contributed by atoms with E-state index < -0.39 is 17.9 Å². The molecule has 5 heteroatoms. The average Bonchev–Trinajstić information content (AvgIpc) is 2.67. The molecule has 1 amide bonds. The Morgan fingerprint density at radius 3 is 2.22 bits per heavy atom. The van der Waals surface area contributed by atoms with Crippen molar-refractivity contribution >= 4 is 11.9 Å². The molecular weight excluding hydrogens is 342 g/mol. The fraction of sp³-hybridized carbons (Fsp3) is 0.364.